The summed E-state index contributed by atoms with van der Waals surface area (Å²) < 4.78 is 0. The summed E-state index contributed by atoms with van der Waals surface area (Å²) in [6.07, 6.45) is 8.48. The van der Waals surface area contributed by atoms with Crippen molar-refractivity contribution < 1.29 is 0 Å². The molecule has 0 radical (unpaired) electrons. The smallest absolute Gasteiger partial charge is 0.0249 e. The van der Waals surface area contributed by atoms with Crippen LogP contribution in [0.2, 0.25) is 0 Å². The molecule has 0 aromatic heterocycles. The van der Waals surface area contributed by atoms with Crippen molar-refractivity contribution in [3.8, 4) is 11.8 Å². The van der Waals surface area contributed by atoms with Crippen LogP contribution in [0.15, 0.2) is 109 Å². The average Bonchev–Trinajstić information content (AvgIpc) is 2.83. The molecular formula is C30H22. The molecule has 0 aliphatic rings. The fourth-order valence-corrected chi connectivity index (χ4v) is 3.01. The first-order valence-corrected chi connectivity index (χ1v) is 10.0. The van der Waals surface area contributed by atoms with Crippen molar-refractivity contribution in [2.24, 2.45) is 0 Å². The van der Waals surface area contributed by atoms with Gasteiger partial charge in [-0.2, -0.15) is 0 Å². The number of rotatable bonds is 4. The van der Waals surface area contributed by atoms with E-state index in [0.717, 1.165) is 11.1 Å². The van der Waals surface area contributed by atoms with Crippen molar-refractivity contribution in [3.63, 3.8) is 0 Å². The predicted molar refractivity (Wildman–Crippen MR) is 130 cm³/mol. The van der Waals surface area contributed by atoms with E-state index < -0.39 is 0 Å². The zero-order chi connectivity index (χ0) is 20.4. The molecule has 0 aliphatic carbocycles. The zero-order valence-electron chi connectivity index (χ0n) is 16.7. The number of benzene rings is 4. The van der Waals surface area contributed by atoms with Gasteiger partial charge in [-0.3, -0.25) is 0 Å². The van der Waals surface area contributed by atoms with Gasteiger partial charge >= 0.3 is 0 Å². The minimum absolute atomic E-state index is 1.01. The molecule has 4 aromatic carbocycles. The van der Waals surface area contributed by atoms with Gasteiger partial charge in [0.2, 0.25) is 0 Å². The van der Waals surface area contributed by atoms with Gasteiger partial charge in [-0.25, -0.2) is 0 Å². The van der Waals surface area contributed by atoms with Crippen molar-refractivity contribution in [3.05, 3.63) is 143 Å². The maximum atomic E-state index is 3.25. The average molecular weight is 383 g/mol. The third-order valence-electron chi connectivity index (χ3n) is 4.71. The molecule has 0 fully saturated rings. The van der Waals surface area contributed by atoms with Crippen LogP contribution in [-0.2, 0) is 0 Å². The summed E-state index contributed by atoms with van der Waals surface area (Å²) in [6, 6.07) is 37.3. The van der Waals surface area contributed by atoms with Crippen molar-refractivity contribution >= 4 is 24.3 Å². The Balaban J connectivity index is 1.38. The van der Waals surface area contributed by atoms with Crippen LogP contribution in [-0.4, -0.2) is 0 Å². The van der Waals surface area contributed by atoms with E-state index in [-0.39, 0.29) is 0 Å². The van der Waals surface area contributed by atoms with E-state index in [2.05, 4.69) is 109 Å². The van der Waals surface area contributed by atoms with Crippen LogP contribution >= 0.6 is 0 Å². The summed E-state index contributed by atoms with van der Waals surface area (Å²) in [7, 11) is 0. The van der Waals surface area contributed by atoms with Crippen LogP contribution in [0.1, 0.15) is 33.4 Å². The van der Waals surface area contributed by atoms with E-state index in [0.29, 0.717) is 0 Å². The lowest BCUT2D eigenvalue weighted by Crippen LogP contribution is -1.79. The number of hydrogen-bond donors (Lipinski definition) is 0. The van der Waals surface area contributed by atoms with Gasteiger partial charge < -0.3 is 0 Å². The Labute approximate surface area is 178 Å². The van der Waals surface area contributed by atoms with Crippen LogP contribution < -0.4 is 0 Å². The third kappa shape index (κ3) is 5.71. The maximum Gasteiger partial charge on any atom is 0.0249 e. The van der Waals surface area contributed by atoms with E-state index >= 15 is 0 Å². The van der Waals surface area contributed by atoms with Gasteiger partial charge in [0.1, 0.15) is 0 Å². The highest BCUT2D eigenvalue weighted by atomic mass is 14.0. The van der Waals surface area contributed by atoms with Crippen LogP contribution in [0.5, 0.6) is 0 Å². The molecule has 0 saturated heterocycles. The molecule has 0 heterocycles. The Morgan fingerprint density at radius 3 is 0.967 bits per heavy atom. The fraction of sp³-hybridized carbons (Fsp3) is 0. The minimum atomic E-state index is 1.01. The van der Waals surface area contributed by atoms with E-state index in [9.17, 15) is 0 Å². The molecule has 4 rings (SSSR count). The van der Waals surface area contributed by atoms with Gasteiger partial charge in [0.05, 0.1) is 0 Å². The number of hydrogen-bond acceptors (Lipinski definition) is 0. The van der Waals surface area contributed by atoms with Gasteiger partial charge in [-0.05, 0) is 46.5 Å². The summed E-state index contributed by atoms with van der Waals surface area (Å²) in [5.74, 6) is 6.49. The molecule has 0 bridgehead atoms. The molecule has 0 amide bonds. The topological polar surface area (TPSA) is 0 Å². The molecule has 0 spiro atoms. The monoisotopic (exact) mass is 382 g/mol. The quantitative estimate of drug-likeness (QED) is 0.254. The van der Waals surface area contributed by atoms with Crippen molar-refractivity contribution in [1.82, 2.24) is 0 Å². The van der Waals surface area contributed by atoms with E-state index in [4.69, 9.17) is 0 Å². The Kier molecular flexibility index (Phi) is 6.36. The lowest BCUT2D eigenvalue weighted by molar-refractivity contribution is 1.59. The van der Waals surface area contributed by atoms with Crippen LogP contribution in [0.3, 0.4) is 0 Å². The molecule has 0 aliphatic heterocycles. The summed E-state index contributed by atoms with van der Waals surface area (Å²) in [5.41, 5.74) is 6.75. The van der Waals surface area contributed by atoms with E-state index in [1.165, 1.54) is 22.3 Å². The predicted octanol–water partition coefficient (Wildman–Crippen LogP) is 7.43. The van der Waals surface area contributed by atoms with E-state index in [1.54, 1.807) is 0 Å². The van der Waals surface area contributed by atoms with Crippen molar-refractivity contribution in [2.45, 2.75) is 0 Å². The van der Waals surface area contributed by atoms with Gasteiger partial charge in [0.25, 0.3) is 0 Å². The summed E-state index contributed by atoms with van der Waals surface area (Å²) >= 11 is 0. The van der Waals surface area contributed by atoms with Gasteiger partial charge in [0, 0.05) is 11.1 Å². The lowest BCUT2D eigenvalue weighted by Gasteiger charge is -1.96. The summed E-state index contributed by atoms with van der Waals surface area (Å²) in [4.78, 5) is 0. The zero-order valence-corrected chi connectivity index (χ0v) is 16.7. The first kappa shape index (κ1) is 19.2. The highest BCUT2D eigenvalue weighted by molar-refractivity contribution is 5.70. The summed E-state index contributed by atoms with van der Waals surface area (Å²) in [5, 5.41) is 0. The molecule has 0 atom stereocenters. The Morgan fingerprint density at radius 2 is 0.633 bits per heavy atom. The van der Waals surface area contributed by atoms with E-state index in [1.807, 2.05) is 36.4 Å². The first-order valence-electron chi connectivity index (χ1n) is 10.0. The second-order valence-electron chi connectivity index (χ2n) is 6.98. The highest BCUT2D eigenvalue weighted by Gasteiger charge is 1.92. The Morgan fingerprint density at radius 1 is 0.333 bits per heavy atom. The van der Waals surface area contributed by atoms with Gasteiger partial charge in [-0.1, -0.05) is 121 Å². The molecular weight excluding hydrogens is 360 g/mol. The molecule has 0 saturated carbocycles. The largest absolute Gasteiger partial charge is 0.0622 e. The molecule has 0 nitrogen and oxygen atoms in total. The molecule has 0 heteroatoms. The van der Waals surface area contributed by atoms with Crippen LogP contribution in [0, 0.1) is 11.8 Å². The molecule has 142 valence electrons. The minimum Gasteiger partial charge on any atom is -0.0622 e. The van der Waals surface area contributed by atoms with Crippen molar-refractivity contribution in [1.29, 1.82) is 0 Å². The normalized spacial score (nSPS) is 10.8. The van der Waals surface area contributed by atoms with Gasteiger partial charge in [-0.15, -0.1) is 0 Å². The SMILES string of the molecule is C(#Cc1ccc(C=Cc2ccccc2)cc1)c1ccc(C=Cc2ccccc2)cc1. The second kappa shape index (κ2) is 9.92. The molecule has 0 N–H and O–H groups in total. The lowest BCUT2D eigenvalue weighted by atomic mass is 10.1. The van der Waals surface area contributed by atoms with Gasteiger partial charge in [0.15, 0.2) is 0 Å². The second-order valence-corrected chi connectivity index (χ2v) is 6.98. The Bertz CT molecular complexity index is 1090. The Hall–Kier alpha value is -4.08. The van der Waals surface area contributed by atoms with Crippen molar-refractivity contribution in [2.75, 3.05) is 0 Å². The molecule has 30 heavy (non-hydrogen) atoms. The van der Waals surface area contributed by atoms with Crippen LogP contribution in [0.25, 0.3) is 24.3 Å². The maximum absolute atomic E-state index is 3.25. The third-order valence-corrected chi connectivity index (χ3v) is 4.71. The molecule has 0 unspecified atom stereocenters. The van der Waals surface area contributed by atoms with Crippen LogP contribution in [0.4, 0.5) is 0 Å². The fourth-order valence-electron chi connectivity index (χ4n) is 3.01. The molecule has 4 aromatic rings. The highest BCUT2D eigenvalue weighted by Crippen LogP contribution is 2.11. The first-order chi connectivity index (χ1) is 14.8. The standard InChI is InChI=1S/C30H22/c1-3-7-25(8-4-1)11-13-27-15-19-29(20-16-27)23-24-30-21-17-28(18-22-30)14-12-26-9-5-2-6-10-26/h1-22H. The summed E-state index contributed by atoms with van der Waals surface area (Å²) in [6.45, 7) is 0.